The van der Waals surface area contributed by atoms with Gasteiger partial charge < -0.3 is 14.6 Å². The van der Waals surface area contributed by atoms with Crippen LogP contribution >= 0.6 is 0 Å². The van der Waals surface area contributed by atoms with Crippen molar-refractivity contribution in [3.05, 3.63) is 58.3 Å². The number of aryl methyl sites for hydroxylation is 1. The van der Waals surface area contributed by atoms with E-state index in [1.54, 1.807) is 12.1 Å². The average Bonchev–Trinajstić information content (AvgIpc) is 2.89. The van der Waals surface area contributed by atoms with E-state index >= 15 is 0 Å². The number of carbonyl (C=O) groups excluding carboxylic acids is 1. The minimum atomic E-state index is -0.131. The van der Waals surface area contributed by atoms with E-state index in [4.69, 9.17) is 9.47 Å². The molecule has 1 N–H and O–H groups in total. The lowest BCUT2D eigenvalue weighted by molar-refractivity contribution is 0.101. The number of fused-ring (bicyclic) bond motifs is 1. The van der Waals surface area contributed by atoms with Gasteiger partial charge in [0.25, 0.3) is 0 Å². The number of nitrogens with zero attached hydrogens (tertiary/aromatic N) is 1. The first-order valence-electron chi connectivity index (χ1n) is 10.8. The van der Waals surface area contributed by atoms with E-state index in [0.29, 0.717) is 35.8 Å². The van der Waals surface area contributed by atoms with Gasteiger partial charge in [0.05, 0.1) is 17.7 Å². The maximum atomic E-state index is 13.1. The molecule has 1 fully saturated rings. The highest BCUT2D eigenvalue weighted by Crippen LogP contribution is 2.42. The first-order chi connectivity index (χ1) is 14.6. The van der Waals surface area contributed by atoms with Gasteiger partial charge in [0.2, 0.25) is 5.78 Å². The van der Waals surface area contributed by atoms with Crippen molar-refractivity contribution in [3.8, 4) is 17.2 Å². The topological polar surface area (TPSA) is 59.0 Å². The molecule has 4 rings (SSSR count). The van der Waals surface area contributed by atoms with Crippen LogP contribution in [0.25, 0.3) is 6.08 Å². The van der Waals surface area contributed by atoms with Gasteiger partial charge in [0, 0.05) is 6.54 Å². The Hall–Kier alpha value is -2.79. The number of Topliss-reactive ketones (excluding diaryl/α,β-unsaturated/α-hetero) is 1. The number of ether oxygens (including phenoxy) is 2. The van der Waals surface area contributed by atoms with E-state index in [1.165, 1.54) is 12.8 Å². The monoisotopic (exact) mass is 407 g/mol. The lowest BCUT2D eigenvalue weighted by atomic mass is 9.99. The fourth-order valence-electron chi connectivity index (χ4n) is 4.23. The predicted molar refractivity (Wildman–Crippen MR) is 117 cm³/mol. The number of rotatable bonds is 5. The van der Waals surface area contributed by atoms with Crippen molar-refractivity contribution in [2.45, 2.75) is 46.1 Å². The van der Waals surface area contributed by atoms with E-state index in [0.717, 1.165) is 42.8 Å². The molecule has 0 atom stereocenters. The molecule has 0 radical (unpaired) electrons. The molecule has 2 aromatic carbocycles. The summed E-state index contributed by atoms with van der Waals surface area (Å²) >= 11 is 0. The molecule has 0 amide bonds. The van der Waals surface area contributed by atoms with Crippen LogP contribution in [-0.2, 0) is 6.54 Å². The largest absolute Gasteiger partial charge is 0.507 e. The van der Waals surface area contributed by atoms with E-state index in [-0.39, 0.29) is 11.5 Å². The zero-order valence-corrected chi connectivity index (χ0v) is 17.7. The van der Waals surface area contributed by atoms with Crippen molar-refractivity contribution in [2.75, 3.05) is 19.7 Å². The first kappa shape index (κ1) is 20.5. The molecule has 2 aliphatic rings. The van der Waals surface area contributed by atoms with Crippen molar-refractivity contribution < 1.29 is 19.4 Å². The Morgan fingerprint density at radius 1 is 1.13 bits per heavy atom. The van der Waals surface area contributed by atoms with Crippen LogP contribution in [0.5, 0.6) is 17.2 Å². The summed E-state index contributed by atoms with van der Waals surface area (Å²) in [4.78, 5) is 15.4. The summed E-state index contributed by atoms with van der Waals surface area (Å²) in [5.74, 6) is 1.67. The quantitative estimate of drug-likeness (QED) is 0.700. The molecule has 0 aliphatic carbocycles. The average molecular weight is 408 g/mol. The van der Waals surface area contributed by atoms with Gasteiger partial charge in [0.15, 0.2) is 5.76 Å². The molecule has 0 unspecified atom stereocenters. The van der Waals surface area contributed by atoms with Gasteiger partial charge in [-0.1, -0.05) is 25.0 Å². The predicted octanol–water partition coefficient (Wildman–Crippen LogP) is 5.09. The van der Waals surface area contributed by atoms with Crippen LogP contribution in [0.2, 0.25) is 0 Å². The number of hydrogen-bond donors (Lipinski definition) is 1. The highest BCUT2D eigenvalue weighted by atomic mass is 16.5. The normalized spacial score (nSPS) is 18.2. The lowest BCUT2D eigenvalue weighted by Gasteiger charge is -2.22. The van der Waals surface area contributed by atoms with Crippen molar-refractivity contribution in [1.82, 2.24) is 4.90 Å². The molecule has 2 heterocycles. The third kappa shape index (κ3) is 4.21. The second-order valence-corrected chi connectivity index (χ2v) is 8.03. The minimum absolute atomic E-state index is 0.131. The van der Waals surface area contributed by atoms with Crippen LogP contribution in [0, 0.1) is 6.92 Å². The lowest BCUT2D eigenvalue weighted by Crippen LogP contribution is -2.24. The maximum absolute atomic E-state index is 13.1. The number of benzene rings is 2. The number of hydrogen-bond acceptors (Lipinski definition) is 5. The van der Waals surface area contributed by atoms with Crippen LogP contribution < -0.4 is 9.47 Å². The zero-order chi connectivity index (χ0) is 21.1. The number of aromatic hydroxyl groups is 1. The Kier molecular flexibility index (Phi) is 6.09. The summed E-state index contributed by atoms with van der Waals surface area (Å²) in [6.07, 6.45) is 6.58. The van der Waals surface area contributed by atoms with Gasteiger partial charge >= 0.3 is 0 Å². The van der Waals surface area contributed by atoms with Gasteiger partial charge in [-0.05, 0) is 75.2 Å². The zero-order valence-electron chi connectivity index (χ0n) is 17.7. The molecular formula is C25H29NO4. The highest BCUT2D eigenvalue weighted by molar-refractivity contribution is 6.15. The number of allylic oxidation sites excluding steroid dienone is 1. The summed E-state index contributed by atoms with van der Waals surface area (Å²) in [5.41, 5.74) is 2.88. The van der Waals surface area contributed by atoms with Crippen LogP contribution in [0.15, 0.2) is 36.1 Å². The van der Waals surface area contributed by atoms with Crippen LogP contribution in [0.1, 0.15) is 59.7 Å². The number of phenols is 1. The van der Waals surface area contributed by atoms with Gasteiger partial charge in [-0.2, -0.15) is 0 Å². The van der Waals surface area contributed by atoms with Gasteiger partial charge in [-0.25, -0.2) is 0 Å². The Labute approximate surface area is 177 Å². The molecule has 5 heteroatoms. The first-order valence-corrected chi connectivity index (χ1v) is 10.8. The van der Waals surface area contributed by atoms with Gasteiger partial charge in [-0.3, -0.25) is 9.69 Å². The smallest absolute Gasteiger partial charge is 0.232 e. The molecule has 1 saturated heterocycles. The molecule has 0 saturated carbocycles. The number of likely N-dealkylation sites (tertiary alicyclic amines) is 1. The summed E-state index contributed by atoms with van der Waals surface area (Å²) in [7, 11) is 0. The van der Waals surface area contributed by atoms with Crippen LogP contribution in [0.4, 0.5) is 0 Å². The molecule has 2 aromatic rings. The van der Waals surface area contributed by atoms with Crippen LogP contribution in [-0.4, -0.2) is 35.5 Å². The Balaban J connectivity index is 1.63. The molecular weight excluding hydrogens is 378 g/mol. The molecule has 158 valence electrons. The summed E-state index contributed by atoms with van der Waals surface area (Å²) < 4.78 is 11.5. The minimum Gasteiger partial charge on any atom is -0.507 e. The fourth-order valence-corrected chi connectivity index (χ4v) is 4.23. The summed E-state index contributed by atoms with van der Waals surface area (Å²) in [6, 6.07) is 9.25. The molecule has 5 nitrogen and oxygen atoms in total. The SMILES string of the molecule is CCOc1ccc(/C=C2\Oc3c(CN4CCCCCC4)c(O)cc(C)c3C2=O)cc1. The standard InChI is InChI=1S/C25H29NO4/c1-3-29-19-10-8-18(9-11-19)15-22-24(28)23-17(2)14-21(27)20(25(23)30-22)16-26-12-6-4-5-7-13-26/h8-11,14-15,27H,3-7,12-13,16H2,1-2H3/b22-15-. The number of phenolic OH excluding ortho intramolecular Hbond substituents is 1. The van der Waals surface area contributed by atoms with Gasteiger partial charge in [-0.15, -0.1) is 0 Å². The highest BCUT2D eigenvalue weighted by Gasteiger charge is 2.33. The number of ketones is 1. The van der Waals surface area contributed by atoms with Crippen molar-refractivity contribution in [2.24, 2.45) is 0 Å². The van der Waals surface area contributed by atoms with E-state index in [1.807, 2.05) is 38.1 Å². The van der Waals surface area contributed by atoms with E-state index in [2.05, 4.69) is 4.90 Å². The van der Waals surface area contributed by atoms with Crippen molar-refractivity contribution >= 4 is 11.9 Å². The molecule has 0 aromatic heterocycles. The third-order valence-corrected chi connectivity index (χ3v) is 5.79. The molecule has 2 aliphatic heterocycles. The number of carbonyl (C=O) groups is 1. The molecule has 0 bridgehead atoms. The van der Waals surface area contributed by atoms with Crippen molar-refractivity contribution in [1.29, 1.82) is 0 Å². The fraction of sp³-hybridized carbons (Fsp3) is 0.400. The van der Waals surface area contributed by atoms with E-state index in [9.17, 15) is 9.90 Å². The summed E-state index contributed by atoms with van der Waals surface area (Å²) in [6.45, 7) is 7.00. The Morgan fingerprint density at radius 2 is 1.83 bits per heavy atom. The third-order valence-electron chi connectivity index (χ3n) is 5.79. The van der Waals surface area contributed by atoms with Crippen molar-refractivity contribution in [3.63, 3.8) is 0 Å². The Bertz CT molecular complexity index is 954. The van der Waals surface area contributed by atoms with Gasteiger partial charge in [0.1, 0.15) is 17.2 Å². The molecule has 30 heavy (non-hydrogen) atoms. The second kappa shape index (κ2) is 8.92. The second-order valence-electron chi connectivity index (χ2n) is 8.03. The Morgan fingerprint density at radius 3 is 2.50 bits per heavy atom. The summed E-state index contributed by atoms with van der Waals surface area (Å²) in [5, 5.41) is 10.6. The maximum Gasteiger partial charge on any atom is 0.232 e. The van der Waals surface area contributed by atoms with Crippen LogP contribution in [0.3, 0.4) is 0 Å². The van der Waals surface area contributed by atoms with E-state index < -0.39 is 0 Å². The molecule has 0 spiro atoms.